The zero-order chi connectivity index (χ0) is 14.1. The van der Waals surface area contributed by atoms with Crippen molar-refractivity contribution in [2.75, 3.05) is 11.1 Å². The summed E-state index contributed by atoms with van der Waals surface area (Å²) >= 11 is 3.33. The van der Waals surface area contributed by atoms with Crippen molar-refractivity contribution < 1.29 is 9.21 Å². The van der Waals surface area contributed by atoms with Gasteiger partial charge in [0.05, 0.1) is 5.56 Å². The quantitative estimate of drug-likeness (QED) is 0.697. The SMILES string of the molecule is Nc1ccc(NC(=O)c2coc3ccccc23)cc1Br. The minimum atomic E-state index is -0.216. The number of anilines is 2. The van der Waals surface area contributed by atoms with E-state index >= 15 is 0 Å². The third-order valence-corrected chi connectivity index (χ3v) is 3.67. The van der Waals surface area contributed by atoms with Gasteiger partial charge in [-0.1, -0.05) is 18.2 Å². The fourth-order valence-corrected chi connectivity index (χ4v) is 2.34. The van der Waals surface area contributed by atoms with Crippen LogP contribution in [0, 0.1) is 0 Å². The van der Waals surface area contributed by atoms with Crippen LogP contribution in [0.2, 0.25) is 0 Å². The number of amides is 1. The number of rotatable bonds is 2. The smallest absolute Gasteiger partial charge is 0.259 e. The lowest BCUT2D eigenvalue weighted by molar-refractivity contribution is 0.102. The monoisotopic (exact) mass is 330 g/mol. The number of carbonyl (C=O) groups is 1. The Balaban J connectivity index is 1.91. The van der Waals surface area contributed by atoms with Gasteiger partial charge < -0.3 is 15.5 Å². The van der Waals surface area contributed by atoms with E-state index in [9.17, 15) is 4.79 Å². The molecular weight excluding hydrogens is 320 g/mol. The van der Waals surface area contributed by atoms with Gasteiger partial charge in [0.1, 0.15) is 11.8 Å². The highest BCUT2D eigenvalue weighted by Crippen LogP contribution is 2.25. The van der Waals surface area contributed by atoms with Crippen molar-refractivity contribution >= 4 is 44.2 Å². The van der Waals surface area contributed by atoms with E-state index in [0.717, 1.165) is 9.86 Å². The summed E-state index contributed by atoms with van der Waals surface area (Å²) in [4.78, 5) is 12.3. The van der Waals surface area contributed by atoms with E-state index in [1.54, 1.807) is 18.2 Å². The van der Waals surface area contributed by atoms with E-state index in [2.05, 4.69) is 21.2 Å². The number of furan rings is 1. The minimum Gasteiger partial charge on any atom is -0.463 e. The van der Waals surface area contributed by atoms with Crippen molar-refractivity contribution in [1.82, 2.24) is 0 Å². The number of hydrogen-bond acceptors (Lipinski definition) is 3. The molecule has 4 nitrogen and oxygen atoms in total. The maximum Gasteiger partial charge on any atom is 0.259 e. The molecular formula is C15H11BrN2O2. The standard InChI is InChI=1S/C15H11BrN2O2/c16-12-7-9(5-6-13(12)17)18-15(19)11-8-20-14-4-2-1-3-10(11)14/h1-8H,17H2,(H,18,19). The molecule has 20 heavy (non-hydrogen) atoms. The summed E-state index contributed by atoms with van der Waals surface area (Å²) in [5.74, 6) is -0.216. The number of benzene rings is 2. The van der Waals surface area contributed by atoms with Crippen LogP contribution in [0.15, 0.2) is 57.6 Å². The van der Waals surface area contributed by atoms with Crippen LogP contribution in [0.3, 0.4) is 0 Å². The normalized spacial score (nSPS) is 10.7. The lowest BCUT2D eigenvalue weighted by atomic mass is 10.1. The Bertz CT molecular complexity index is 795. The van der Waals surface area contributed by atoms with Gasteiger partial charge in [-0.05, 0) is 40.2 Å². The Morgan fingerprint density at radius 1 is 1.20 bits per heavy atom. The molecule has 0 aliphatic carbocycles. The molecule has 0 spiro atoms. The average Bonchev–Trinajstić information content (AvgIpc) is 2.87. The molecule has 3 aromatic rings. The van der Waals surface area contributed by atoms with Crippen LogP contribution in [0.1, 0.15) is 10.4 Å². The predicted molar refractivity (Wildman–Crippen MR) is 82.7 cm³/mol. The third-order valence-electron chi connectivity index (χ3n) is 2.98. The average molecular weight is 331 g/mol. The van der Waals surface area contributed by atoms with Crippen molar-refractivity contribution in [3.63, 3.8) is 0 Å². The molecule has 0 saturated carbocycles. The van der Waals surface area contributed by atoms with Gasteiger partial charge >= 0.3 is 0 Å². The van der Waals surface area contributed by atoms with Gasteiger partial charge in [-0.2, -0.15) is 0 Å². The molecule has 0 fully saturated rings. The number of nitrogen functional groups attached to an aromatic ring is 1. The number of para-hydroxylation sites is 1. The Morgan fingerprint density at radius 3 is 2.80 bits per heavy atom. The number of nitrogens with one attached hydrogen (secondary N) is 1. The highest BCUT2D eigenvalue weighted by Gasteiger charge is 2.13. The van der Waals surface area contributed by atoms with Crippen molar-refractivity contribution in [3.8, 4) is 0 Å². The third kappa shape index (κ3) is 2.28. The molecule has 0 radical (unpaired) electrons. The molecule has 0 aliphatic heterocycles. The second-order valence-corrected chi connectivity index (χ2v) is 5.19. The van der Waals surface area contributed by atoms with Gasteiger partial charge in [0, 0.05) is 21.2 Å². The number of fused-ring (bicyclic) bond motifs is 1. The van der Waals surface area contributed by atoms with Crippen LogP contribution < -0.4 is 11.1 Å². The summed E-state index contributed by atoms with van der Waals surface area (Å²) in [5.41, 5.74) is 8.20. The molecule has 3 N–H and O–H groups in total. The van der Waals surface area contributed by atoms with Gasteiger partial charge in [-0.15, -0.1) is 0 Å². The van der Waals surface area contributed by atoms with Crippen LogP contribution in [-0.2, 0) is 0 Å². The lowest BCUT2D eigenvalue weighted by Crippen LogP contribution is -2.11. The van der Waals surface area contributed by atoms with Crippen LogP contribution in [0.5, 0.6) is 0 Å². The summed E-state index contributed by atoms with van der Waals surface area (Å²) in [6.45, 7) is 0. The molecule has 2 aromatic carbocycles. The first kappa shape index (κ1) is 12.7. The Hall–Kier alpha value is -2.27. The lowest BCUT2D eigenvalue weighted by Gasteiger charge is -2.06. The molecule has 0 bridgehead atoms. The zero-order valence-corrected chi connectivity index (χ0v) is 12.0. The van der Waals surface area contributed by atoms with Gasteiger partial charge in [-0.25, -0.2) is 0 Å². The highest BCUT2D eigenvalue weighted by molar-refractivity contribution is 9.10. The van der Waals surface area contributed by atoms with Crippen molar-refractivity contribution in [2.24, 2.45) is 0 Å². The van der Waals surface area contributed by atoms with Gasteiger partial charge in [0.25, 0.3) is 5.91 Å². The fraction of sp³-hybridized carbons (Fsp3) is 0. The number of halogens is 1. The molecule has 3 rings (SSSR count). The number of carbonyl (C=O) groups excluding carboxylic acids is 1. The van der Waals surface area contributed by atoms with Crippen LogP contribution in [0.4, 0.5) is 11.4 Å². The maximum absolute atomic E-state index is 12.3. The maximum atomic E-state index is 12.3. The van der Waals surface area contributed by atoms with Gasteiger partial charge in [0.2, 0.25) is 0 Å². The van der Waals surface area contributed by atoms with Crippen molar-refractivity contribution in [3.05, 3.63) is 58.8 Å². The molecule has 0 saturated heterocycles. The van der Waals surface area contributed by atoms with Crippen molar-refractivity contribution in [1.29, 1.82) is 0 Å². The molecule has 0 atom stereocenters. The van der Waals surface area contributed by atoms with E-state index in [1.807, 2.05) is 24.3 Å². The first-order chi connectivity index (χ1) is 9.65. The van der Waals surface area contributed by atoms with E-state index < -0.39 is 0 Å². The molecule has 0 unspecified atom stereocenters. The predicted octanol–water partition coefficient (Wildman–Crippen LogP) is 4.03. The molecule has 0 aliphatic rings. The highest BCUT2D eigenvalue weighted by atomic mass is 79.9. The zero-order valence-electron chi connectivity index (χ0n) is 10.4. The van der Waals surface area contributed by atoms with Crippen LogP contribution in [-0.4, -0.2) is 5.91 Å². The Morgan fingerprint density at radius 2 is 2.00 bits per heavy atom. The number of hydrogen-bond donors (Lipinski definition) is 2. The van der Waals surface area contributed by atoms with Gasteiger partial charge in [0.15, 0.2) is 0 Å². The topological polar surface area (TPSA) is 68.3 Å². The number of nitrogens with two attached hydrogens (primary N) is 1. The van der Waals surface area contributed by atoms with Crippen LogP contribution in [0.25, 0.3) is 11.0 Å². The Kier molecular flexibility index (Phi) is 3.20. The van der Waals surface area contributed by atoms with E-state index in [4.69, 9.17) is 10.2 Å². The largest absolute Gasteiger partial charge is 0.463 e. The first-order valence-electron chi connectivity index (χ1n) is 5.98. The first-order valence-corrected chi connectivity index (χ1v) is 6.77. The molecule has 100 valence electrons. The summed E-state index contributed by atoms with van der Waals surface area (Å²) < 4.78 is 6.10. The summed E-state index contributed by atoms with van der Waals surface area (Å²) in [6.07, 6.45) is 1.46. The van der Waals surface area contributed by atoms with Gasteiger partial charge in [-0.3, -0.25) is 4.79 Å². The van der Waals surface area contributed by atoms with E-state index in [0.29, 0.717) is 22.5 Å². The minimum absolute atomic E-state index is 0.216. The fourth-order valence-electron chi connectivity index (χ4n) is 1.96. The van der Waals surface area contributed by atoms with Crippen LogP contribution >= 0.6 is 15.9 Å². The Labute approximate surface area is 123 Å². The summed E-state index contributed by atoms with van der Waals surface area (Å²) in [5, 5.41) is 3.61. The van der Waals surface area contributed by atoms with E-state index in [-0.39, 0.29) is 5.91 Å². The molecule has 1 amide bonds. The van der Waals surface area contributed by atoms with E-state index in [1.165, 1.54) is 6.26 Å². The summed E-state index contributed by atoms with van der Waals surface area (Å²) in [7, 11) is 0. The second-order valence-electron chi connectivity index (χ2n) is 4.34. The second kappa shape index (κ2) is 5.02. The van der Waals surface area contributed by atoms with Crippen molar-refractivity contribution in [2.45, 2.75) is 0 Å². The molecule has 1 aromatic heterocycles. The molecule has 5 heteroatoms. The summed E-state index contributed by atoms with van der Waals surface area (Å²) in [6, 6.07) is 12.7. The molecule has 1 heterocycles.